The molecule has 0 spiro atoms. The van der Waals surface area contributed by atoms with E-state index in [1.54, 1.807) is 18.2 Å². The van der Waals surface area contributed by atoms with Gasteiger partial charge in [-0.25, -0.2) is 0 Å². The smallest absolute Gasteiger partial charge is 0.255 e. The number of carbonyl (C=O) groups is 1. The summed E-state index contributed by atoms with van der Waals surface area (Å²) in [6.07, 6.45) is 0.630. The van der Waals surface area contributed by atoms with Crippen LogP contribution in [0.25, 0.3) is 0 Å². The SMILES string of the molecule is COc1cc(Cl)ccc1C(=O)NCC(C)(C)CCO. The Kier molecular flexibility index (Phi) is 5.63. The first-order valence-corrected chi connectivity index (χ1v) is 6.50. The number of nitrogens with one attached hydrogen (secondary N) is 1. The fraction of sp³-hybridized carbons (Fsp3) is 0.500. The monoisotopic (exact) mass is 285 g/mol. The van der Waals surface area contributed by atoms with Crippen molar-refractivity contribution >= 4 is 17.5 Å². The van der Waals surface area contributed by atoms with E-state index in [0.29, 0.717) is 29.3 Å². The third kappa shape index (κ3) is 4.73. The van der Waals surface area contributed by atoms with Crippen LogP contribution in [0.2, 0.25) is 5.02 Å². The Bertz CT molecular complexity index is 446. The number of hydrogen-bond donors (Lipinski definition) is 2. The second-order valence-corrected chi connectivity index (χ2v) is 5.60. The van der Waals surface area contributed by atoms with Crippen LogP contribution in [0.3, 0.4) is 0 Å². The van der Waals surface area contributed by atoms with E-state index < -0.39 is 0 Å². The van der Waals surface area contributed by atoms with Crippen LogP contribution in [0.1, 0.15) is 30.6 Å². The first kappa shape index (κ1) is 15.8. The number of aliphatic hydroxyl groups excluding tert-OH is 1. The molecule has 0 fully saturated rings. The summed E-state index contributed by atoms with van der Waals surface area (Å²) in [7, 11) is 1.50. The van der Waals surface area contributed by atoms with Crippen LogP contribution in [0.4, 0.5) is 0 Å². The van der Waals surface area contributed by atoms with Crippen molar-refractivity contribution in [2.75, 3.05) is 20.3 Å². The van der Waals surface area contributed by atoms with Gasteiger partial charge in [0.25, 0.3) is 5.91 Å². The Labute approximate surface area is 118 Å². The summed E-state index contributed by atoms with van der Waals surface area (Å²) in [6, 6.07) is 4.89. The quantitative estimate of drug-likeness (QED) is 0.844. The van der Waals surface area contributed by atoms with Crippen LogP contribution in [0.5, 0.6) is 5.75 Å². The Morgan fingerprint density at radius 2 is 2.16 bits per heavy atom. The van der Waals surface area contributed by atoms with E-state index in [1.807, 2.05) is 13.8 Å². The minimum absolute atomic E-state index is 0.104. The molecule has 0 aliphatic heterocycles. The van der Waals surface area contributed by atoms with Crippen LogP contribution in [0, 0.1) is 5.41 Å². The molecule has 0 aliphatic rings. The number of carbonyl (C=O) groups excluding carboxylic acids is 1. The van der Waals surface area contributed by atoms with E-state index in [2.05, 4.69) is 5.32 Å². The molecule has 0 heterocycles. The molecule has 0 bridgehead atoms. The molecule has 0 unspecified atom stereocenters. The Balaban J connectivity index is 2.74. The third-order valence-electron chi connectivity index (χ3n) is 2.92. The van der Waals surface area contributed by atoms with Crippen molar-refractivity contribution in [1.82, 2.24) is 5.32 Å². The number of hydrogen-bond acceptors (Lipinski definition) is 3. The largest absolute Gasteiger partial charge is 0.496 e. The zero-order chi connectivity index (χ0) is 14.5. The molecule has 0 saturated heterocycles. The van der Waals surface area contributed by atoms with Gasteiger partial charge in [0.2, 0.25) is 0 Å². The average molecular weight is 286 g/mol. The molecule has 1 aromatic carbocycles. The normalized spacial score (nSPS) is 11.2. The van der Waals surface area contributed by atoms with Crippen molar-refractivity contribution < 1.29 is 14.6 Å². The molecule has 2 N–H and O–H groups in total. The topological polar surface area (TPSA) is 58.6 Å². The third-order valence-corrected chi connectivity index (χ3v) is 3.16. The zero-order valence-corrected chi connectivity index (χ0v) is 12.3. The second kappa shape index (κ2) is 6.78. The molecule has 106 valence electrons. The molecular formula is C14H20ClNO3. The maximum Gasteiger partial charge on any atom is 0.255 e. The molecule has 1 rings (SSSR count). The van der Waals surface area contributed by atoms with Crippen LogP contribution < -0.4 is 10.1 Å². The predicted molar refractivity (Wildman–Crippen MR) is 75.8 cm³/mol. The van der Waals surface area contributed by atoms with Gasteiger partial charge in [-0.05, 0) is 30.0 Å². The molecule has 1 amide bonds. The molecule has 0 atom stereocenters. The van der Waals surface area contributed by atoms with E-state index in [-0.39, 0.29) is 17.9 Å². The highest BCUT2D eigenvalue weighted by Gasteiger charge is 2.20. The Hall–Kier alpha value is -1.26. The first-order chi connectivity index (χ1) is 8.89. The van der Waals surface area contributed by atoms with Gasteiger partial charge in [-0.2, -0.15) is 0 Å². The first-order valence-electron chi connectivity index (χ1n) is 6.12. The lowest BCUT2D eigenvalue weighted by Gasteiger charge is -2.24. The number of amides is 1. The molecule has 19 heavy (non-hydrogen) atoms. The maximum absolute atomic E-state index is 12.1. The van der Waals surface area contributed by atoms with Gasteiger partial charge < -0.3 is 15.2 Å². The van der Waals surface area contributed by atoms with E-state index >= 15 is 0 Å². The van der Waals surface area contributed by atoms with Gasteiger partial charge in [-0.3, -0.25) is 4.79 Å². The summed E-state index contributed by atoms with van der Waals surface area (Å²) in [5.74, 6) is 0.240. The van der Waals surface area contributed by atoms with Gasteiger partial charge >= 0.3 is 0 Å². The van der Waals surface area contributed by atoms with Gasteiger partial charge in [0.15, 0.2) is 0 Å². The summed E-state index contributed by atoms with van der Waals surface area (Å²) in [5, 5.41) is 12.3. The lowest BCUT2D eigenvalue weighted by atomic mass is 9.89. The minimum Gasteiger partial charge on any atom is -0.496 e. The average Bonchev–Trinajstić information content (AvgIpc) is 2.35. The number of aliphatic hydroxyl groups is 1. The summed E-state index contributed by atoms with van der Waals surface area (Å²) in [4.78, 5) is 12.1. The van der Waals surface area contributed by atoms with Crippen molar-refractivity contribution in [3.05, 3.63) is 28.8 Å². The van der Waals surface area contributed by atoms with E-state index in [4.69, 9.17) is 21.4 Å². The zero-order valence-electron chi connectivity index (χ0n) is 11.5. The Morgan fingerprint density at radius 3 is 2.74 bits per heavy atom. The number of methoxy groups -OCH3 is 1. The molecule has 0 aliphatic carbocycles. The summed E-state index contributed by atoms with van der Waals surface area (Å²) < 4.78 is 5.14. The maximum atomic E-state index is 12.1. The van der Waals surface area contributed by atoms with Crippen molar-refractivity contribution in [3.63, 3.8) is 0 Å². The summed E-state index contributed by atoms with van der Waals surface area (Å²) in [5.41, 5.74) is 0.302. The number of halogens is 1. The van der Waals surface area contributed by atoms with Crippen molar-refractivity contribution in [2.45, 2.75) is 20.3 Å². The van der Waals surface area contributed by atoms with Crippen LogP contribution in [-0.4, -0.2) is 31.3 Å². The van der Waals surface area contributed by atoms with Crippen LogP contribution >= 0.6 is 11.6 Å². The molecule has 1 aromatic rings. The summed E-state index contributed by atoms with van der Waals surface area (Å²) >= 11 is 5.85. The lowest BCUT2D eigenvalue weighted by molar-refractivity contribution is 0.0925. The minimum atomic E-state index is -0.209. The van der Waals surface area contributed by atoms with Gasteiger partial charge in [0, 0.05) is 18.2 Å². The van der Waals surface area contributed by atoms with Crippen molar-refractivity contribution in [2.24, 2.45) is 5.41 Å². The van der Waals surface area contributed by atoms with Gasteiger partial charge in [0.05, 0.1) is 12.7 Å². The fourth-order valence-corrected chi connectivity index (χ4v) is 1.82. The Morgan fingerprint density at radius 1 is 1.47 bits per heavy atom. The highest BCUT2D eigenvalue weighted by Crippen LogP contribution is 2.24. The molecule has 5 heteroatoms. The van der Waals surface area contributed by atoms with E-state index in [1.165, 1.54) is 7.11 Å². The highest BCUT2D eigenvalue weighted by atomic mass is 35.5. The molecular weight excluding hydrogens is 266 g/mol. The number of rotatable bonds is 6. The molecule has 0 radical (unpaired) electrons. The molecule has 4 nitrogen and oxygen atoms in total. The van der Waals surface area contributed by atoms with Gasteiger partial charge in [-0.15, -0.1) is 0 Å². The highest BCUT2D eigenvalue weighted by molar-refractivity contribution is 6.30. The summed E-state index contributed by atoms with van der Waals surface area (Å²) in [6.45, 7) is 4.57. The standard InChI is InChI=1S/C14H20ClNO3/c1-14(2,6-7-17)9-16-13(18)11-5-4-10(15)8-12(11)19-3/h4-5,8,17H,6-7,9H2,1-3H3,(H,16,18). The van der Waals surface area contributed by atoms with E-state index in [9.17, 15) is 4.79 Å². The van der Waals surface area contributed by atoms with Crippen molar-refractivity contribution in [1.29, 1.82) is 0 Å². The van der Waals surface area contributed by atoms with Crippen LogP contribution in [-0.2, 0) is 0 Å². The van der Waals surface area contributed by atoms with E-state index in [0.717, 1.165) is 0 Å². The second-order valence-electron chi connectivity index (χ2n) is 5.17. The molecule has 0 saturated carbocycles. The van der Waals surface area contributed by atoms with Crippen LogP contribution in [0.15, 0.2) is 18.2 Å². The van der Waals surface area contributed by atoms with Crippen molar-refractivity contribution in [3.8, 4) is 5.75 Å². The fourth-order valence-electron chi connectivity index (χ4n) is 1.66. The van der Waals surface area contributed by atoms with Gasteiger partial charge in [0.1, 0.15) is 5.75 Å². The number of ether oxygens (including phenoxy) is 1. The lowest BCUT2D eigenvalue weighted by Crippen LogP contribution is -2.34. The number of benzene rings is 1. The van der Waals surface area contributed by atoms with Gasteiger partial charge in [-0.1, -0.05) is 25.4 Å². The predicted octanol–water partition coefficient (Wildman–Crippen LogP) is 2.49. The molecule has 0 aromatic heterocycles.